The Morgan fingerprint density at radius 1 is 0.955 bits per heavy atom. The van der Waals surface area contributed by atoms with E-state index in [1.165, 1.54) is 12.8 Å². The zero-order chi connectivity index (χ0) is 15.6. The van der Waals surface area contributed by atoms with Gasteiger partial charge in [0, 0.05) is 0 Å². The van der Waals surface area contributed by atoms with Gasteiger partial charge >= 0.3 is 5.97 Å². The highest BCUT2D eigenvalue weighted by Crippen LogP contribution is 2.24. The van der Waals surface area contributed by atoms with Gasteiger partial charge in [0.2, 0.25) is 0 Å². The molecule has 0 aliphatic carbocycles. The maximum absolute atomic E-state index is 12.2. The number of carbonyl (C=O) groups excluding carboxylic acids is 1. The molecule has 0 saturated heterocycles. The first-order valence-corrected chi connectivity index (χ1v) is 8.08. The molecule has 0 heterocycles. The minimum atomic E-state index is -0.156. The molecular formula is C20H24O2. The second-order valence-corrected chi connectivity index (χ2v) is 5.55. The van der Waals surface area contributed by atoms with Crippen molar-refractivity contribution >= 4 is 5.97 Å². The lowest BCUT2D eigenvalue weighted by Gasteiger charge is -2.18. The van der Waals surface area contributed by atoms with Gasteiger partial charge in [0.05, 0.1) is 6.42 Å². The SMILES string of the molecule is CCCCCC(OC(=O)Cc1ccccc1)c1ccccc1. The number of hydrogen-bond acceptors (Lipinski definition) is 2. The number of ether oxygens (including phenoxy) is 1. The molecule has 0 spiro atoms. The number of carbonyl (C=O) groups is 1. The van der Waals surface area contributed by atoms with Gasteiger partial charge in [-0.2, -0.15) is 0 Å². The van der Waals surface area contributed by atoms with Crippen molar-refractivity contribution in [1.82, 2.24) is 0 Å². The Balaban J connectivity index is 1.97. The van der Waals surface area contributed by atoms with E-state index in [0.29, 0.717) is 6.42 Å². The maximum atomic E-state index is 12.2. The van der Waals surface area contributed by atoms with E-state index >= 15 is 0 Å². The molecule has 2 aromatic carbocycles. The van der Waals surface area contributed by atoms with Crippen LogP contribution in [0.15, 0.2) is 60.7 Å². The molecule has 0 radical (unpaired) electrons. The van der Waals surface area contributed by atoms with Crippen LogP contribution in [0.5, 0.6) is 0 Å². The largest absolute Gasteiger partial charge is 0.457 e. The van der Waals surface area contributed by atoms with Crippen LogP contribution < -0.4 is 0 Å². The first-order chi connectivity index (χ1) is 10.8. The third kappa shape index (κ3) is 5.36. The molecule has 0 aliphatic heterocycles. The van der Waals surface area contributed by atoms with E-state index in [4.69, 9.17) is 4.74 Å². The molecule has 1 atom stereocenters. The molecule has 2 heteroatoms. The van der Waals surface area contributed by atoms with Crippen LogP contribution in [0.3, 0.4) is 0 Å². The minimum absolute atomic E-state index is 0.135. The molecule has 2 aromatic rings. The van der Waals surface area contributed by atoms with Crippen molar-refractivity contribution in [2.75, 3.05) is 0 Å². The zero-order valence-corrected chi connectivity index (χ0v) is 13.2. The summed E-state index contributed by atoms with van der Waals surface area (Å²) in [6.07, 6.45) is 4.49. The first-order valence-electron chi connectivity index (χ1n) is 8.08. The van der Waals surface area contributed by atoms with Crippen molar-refractivity contribution in [3.8, 4) is 0 Å². The van der Waals surface area contributed by atoms with Crippen LogP contribution in [-0.4, -0.2) is 5.97 Å². The van der Waals surface area contributed by atoms with Gasteiger partial charge in [-0.05, 0) is 24.0 Å². The second kappa shape index (κ2) is 9.04. The number of esters is 1. The molecule has 0 saturated carbocycles. The smallest absolute Gasteiger partial charge is 0.310 e. The van der Waals surface area contributed by atoms with Crippen molar-refractivity contribution in [2.45, 2.75) is 45.1 Å². The van der Waals surface area contributed by atoms with Gasteiger partial charge in [-0.1, -0.05) is 80.4 Å². The Bertz CT molecular complexity index is 548. The monoisotopic (exact) mass is 296 g/mol. The quantitative estimate of drug-likeness (QED) is 0.501. The van der Waals surface area contributed by atoms with Crippen LogP contribution in [0.1, 0.15) is 49.8 Å². The molecule has 0 fully saturated rings. The molecule has 0 bridgehead atoms. The molecule has 2 rings (SSSR count). The molecule has 0 aromatic heterocycles. The highest BCUT2D eigenvalue weighted by atomic mass is 16.5. The highest BCUT2D eigenvalue weighted by molar-refractivity contribution is 5.72. The van der Waals surface area contributed by atoms with Crippen molar-refractivity contribution in [3.63, 3.8) is 0 Å². The Labute approximate surface area is 133 Å². The summed E-state index contributed by atoms with van der Waals surface area (Å²) < 4.78 is 5.75. The number of rotatable bonds is 8. The predicted octanol–water partition coefficient (Wildman–Crippen LogP) is 5.09. The van der Waals surface area contributed by atoms with Gasteiger partial charge < -0.3 is 4.74 Å². The molecule has 0 amide bonds. The summed E-state index contributed by atoms with van der Waals surface area (Å²) in [5.41, 5.74) is 2.08. The minimum Gasteiger partial charge on any atom is -0.457 e. The Morgan fingerprint density at radius 2 is 1.59 bits per heavy atom. The predicted molar refractivity (Wildman–Crippen MR) is 89.6 cm³/mol. The van der Waals surface area contributed by atoms with Crippen LogP contribution in [0.4, 0.5) is 0 Å². The summed E-state index contributed by atoms with van der Waals surface area (Å²) in [5, 5.41) is 0. The van der Waals surface area contributed by atoms with Gasteiger partial charge in [0.25, 0.3) is 0 Å². The van der Waals surface area contributed by atoms with Crippen molar-refractivity contribution in [3.05, 3.63) is 71.8 Å². The fourth-order valence-electron chi connectivity index (χ4n) is 2.50. The number of benzene rings is 2. The van der Waals surface area contributed by atoms with Crippen LogP contribution in [0, 0.1) is 0 Å². The average Bonchev–Trinajstić information content (AvgIpc) is 2.56. The Morgan fingerprint density at radius 3 is 2.23 bits per heavy atom. The van der Waals surface area contributed by atoms with Crippen LogP contribution in [0.25, 0.3) is 0 Å². The normalized spacial score (nSPS) is 11.9. The summed E-state index contributed by atoms with van der Waals surface area (Å²) in [6, 6.07) is 19.8. The third-order valence-corrected chi connectivity index (χ3v) is 3.71. The molecule has 1 unspecified atom stereocenters. The zero-order valence-electron chi connectivity index (χ0n) is 13.2. The van der Waals surface area contributed by atoms with E-state index in [9.17, 15) is 4.79 Å². The molecule has 0 aliphatic rings. The summed E-state index contributed by atoms with van der Waals surface area (Å²) in [5.74, 6) is -0.156. The number of unbranched alkanes of at least 4 members (excludes halogenated alkanes) is 2. The molecule has 2 nitrogen and oxygen atoms in total. The lowest BCUT2D eigenvalue weighted by Crippen LogP contribution is -2.13. The van der Waals surface area contributed by atoms with E-state index in [2.05, 4.69) is 6.92 Å². The first kappa shape index (κ1) is 16.3. The summed E-state index contributed by atoms with van der Waals surface area (Å²) >= 11 is 0. The van der Waals surface area contributed by atoms with Gasteiger partial charge in [0.1, 0.15) is 6.10 Å². The van der Waals surface area contributed by atoms with Gasteiger partial charge in [0.15, 0.2) is 0 Å². The Kier molecular flexibility index (Phi) is 6.69. The molecule has 0 N–H and O–H groups in total. The van der Waals surface area contributed by atoms with Crippen molar-refractivity contribution < 1.29 is 9.53 Å². The summed E-state index contributed by atoms with van der Waals surface area (Å²) in [4.78, 5) is 12.2. The van der Waals surface area contributed by atoms with E-state index in [1.807, 2.05) is 60.7 Å². The standard InChI is InChI=1S/C20H24O2/c1-2-3-6-15-19(18-13-9-5-10-14-18)22-20(21)16-17-11-7-4-8-12-17/h4-5,7-14,19H,2-3,6,15-16H2,1H3. The van der Waals surface area contributed by atoms with Gasteiger partial charge in [-0.25, -0.2) is 0 Å². The highest BCUT2D eigenvalue weighted by Gasteiger charge is 2.16. The third-order valence-electron chi connectivity index (χ3n) is 3.71. The van der Waals surface area contributed by atoms with Crippen molar-refractivity contribution in [2.24, 2.45) is 0 Å². The van der Waals surface area contributed by atoms with E-state index in [-0.39, 0.29) is 12.1 Å². The molecule has 116 valence electrons. The topological polar surface area (TPSA) is 26.3 Å². The summed E-state index contributed by atoms with van der Waals surface area (Å²) in [6.45, 7) is 2.18. The molecule has 22 heavy (non-hydrogen) atoms. The lowest BCUT2D eigenvalue weighted by atomic mass is 10.0. The van der Waals surface area contributed by atoms with Crippen LogP contribution >= 0.6 is 0 Å². The second-order valence-electron chi connectivity index (χ2n) is 5.55. The number of hydrogen-bond donors (Lipinski definition) is 0. The van der Waals surface area contributed by atoms with Gasteiger partial charge in [-0.15, -0.1) is 0 Å². The van der Waals surface area contributed by atoms with Crippen LogP contribution in [-0.2, 0) is 16.0 Å². The fraction of sp³-hybridized carbons (Fsp3) is 0.350. The lowest BCUT2D eigenvalue weighted by molar-refractivity contribution is -0.149. The average molecular weight is 296 g/mol. The van der Waals surface area contributed by atoms with Crippen LogP contribution in [0.2, 0.25) is 0 Å². The van der Waals surface area contributed by atoms with Crippen molar-refractivity contribution in [1.29, 1.82) is 0 Å². The van der Waals surface area contributed by atoms with Gasteiger partial charge in [-0.3, -0.25) is 4.79 Å². The Hall–Kier alpha value is -2.09. The maximum Gasteiger partial charge on any atom is 0.310 e. The summed E-state index contributed by atoms with van der Waals surface area (Å²) in [7, 11) is 0. The molecular weight excluding hydrogens is 272 g/mol. The fourth-order valence-corrected chi connectivity index (χ4v) is 2.50. The van der Waals surface area contributed by atoms with E-state index in [1.54, 1.807) is 0 Å². The van der Waals surface area contributed by atoms with E-state index < -0.39 is 0 Å². The van der Waals surface area contributed by atoms with E-state index in [0.717, 1.165) is 24.0 Å².